The van der Waals surface area contributed by atoms with Crippen LogP contribution in [0.4, 0.5) is 0 Å². The fraction of sp³-hybridized carbons (Fsp3) is 0.0877. The Kier molecular flexibility index (Phi) is 9.42. The molecule has 1 aliphatic carbocycles. The molecule has 2 heterocycles. The number of fused-ring (bicyclic) bond motifs is 8. The van der Waals surface area contributed by atoms with Crippen LogP contribution in [0.15, 0.2) is 217 Å². The van der Waals surface area contributed by atoms with Gasteiger partial charge in [0.2, 0.25) is 0 Å². The maximum absolute atomic E-state index is 5.20. The van der Waals surface area contributed by atoms with Crippen molar-refractivity contribution >= 4 is 17.3 Å². The zero-order chi connectivity index (χ0) is 40.8. The van der Waals surface area contributed by atoms with Crippen LogP contribution in [0.25, 0.3) is 50.6 Å². The summed E-state index contributed by atoms with van der Waals surface area (Å²) in [5.41, 5.74) is 17.0. The van der Waals surface area contributed by atoms with Gasteiger partial charge in [-0.15, -0.1) is 0 Å². The molecule has 0 saturated heterocycles. The average Bonchev–Trinajstić information content (AvgIpc) is 3.30. The van der Waals surface area contributed by atoms with Crippen molar-refractivity contribution in [1.29, 1.82) is 0 Å². The van der Waals surface area contributed by atoms with E-state index in [1.54, 1.807) is 6.08 Å². The van der Waals surface area contributed by atoms with Crippen molar-refractivity contribution in [2.24, 2.45) is 0 Å². The summed E-state index contributed by atoms with van der Waals surface area (Å²) in [5, 5.41) is 0. The highest BCUT2D eigenvalue weighted by atomic mass is 32.2. The molecule has 7 aromatic carbocycles. The standard InChI is InChI=1S/C57H44N2S/c1-5-6-8-18-38(2)39-29-31-40(32-30-39)51-37-52(59-55(58-51)41-19-9-7-10-20-41)44-22-17-21-42(35-44)43-33-34-47-50(36-43)56(3,4)45-23-11-12-24-46(45)57(47)48-25-13-15-27-53(48)60-54-28-16-14-26-49(54)57/h5-37H,1H2,2-4H3/b8-6-,38-18+. The zero-order valence-electron chi connectivity index (χ0n) is 34.1. The second kappa shape index (κ2) is 15.1. The van der Waals surface area contributed by atoms with Gasteiger partial charge >= 0.3 is 0 Å². The highest BCUT2D eigenvalue weighted by molar-refractivity contribution is 7.99. The molecule has 1 spiro atoms. The number of benzene rings is 7. The van der Waals surface area contributed by atoms with Crippen molar-refractivity contribution in [2.45, 2.75) is 41.4 Å². The summed E-state index contributed by atoms with van der Waals surface area (Å²) in [4.78, 5) is 12.9. The monoisotopic (exact) mass is 788 g/mol. The molecule has 0 unspecified atom stereocenters. The van der Waals surface area contributed by atoms with Gasteiger partial charge in [-0.25, -0.2) is 9.97 Å². The van der Waals surface area contributed by atoms with E-state index in [9.17, 15) is 0 Å². The Morgan fingerprint density at radius 2 is 1.03 bits per heavy atom. The Bertz CT molecular complexity index is 2960. The Morgan fingerprint density at radius 3 is 1.73 bits per heavy atom. The van der Waals surface area contributed by atoms with Gasteiger partial charge in [0.15, 0.2) is 5.82 Å². The van der Waals surface area contributed by atoms with E-state index in [-0.39, 0.29) is 5.41 Å². The van der Waals surface area contributed by atoms with E-state index in [0.717, 1.165) is 39.2 Å². The SMILES string of the molecule is C=C/C=C\C=C(/C)c1ccc(-c2cc(-c3cccc(-c4ccc5c(c4)C(C)(C)c4ccccc4C54c5ccccc5Sc5ccccc54)c3)nc(-c3ccccc3)n2)cc1. The smallest absolute Gasteiger partial charge is 0.160 e. The van der Waals surface area contributed by atoms with Crippen molar-refractivity contribution < 1.29 is 0 Å². The number of hydrogen-bond donors (Lipinski definition) is 0. The molecule has 3 heteroatoms. The first kappa shape index (κ1) is 37.5. The summed E-state index contributed by atoms with van der Waals surface area (Å²) in [6, 6.07) is 64.3. The number of allylic oxidation sites excluding steroid dienone is 5. The van der Waals surface area contributed by atoms with Crippen LogP contribution in [-0.2, 0) is 10.8 Å². The Hall–Kier alpha value is -6.81. The molecule has 0 fully saturated rings. The first-order valence-corrected chi connectivity index (χ1v) is 21.4. The molecule has 1 aliphatic heterocycles. The minimum absolute atomic E-state index is 0.239. The molecule has 0 bridgehead atoms. The van der Waals surface area contributed by atoms with Crippen LogP contribution >= 0.6 is 11.8 Å². The molecule has 10 rings (SSSR count). The molecule has 288 valence electrons. The largest absolute Gasteiger partial charge is 0.228 e. The van der Waals surface area contributed by atoms with Gasteiger partial charge in [-0.2, -0.15) is 0 Å². The maximum Gasteiger partial charge on any atom is 0.160 e. The first-order valence-electron chi connectivity index (χ1n) is 20.6. The third-order valence-corrected chi connectivity index (χ3v) is 13.5. The van der Waals surface area contributed by atoms with Crippen LogP contribution in [0.3, 0.4) is 0 Å². The molecule has 1 aromatic heterocycles. The summed E-state index contributed by atoms with van der Waals surface area (Å²) in [7, 11) is 0. The fourth-order valence-corrected chi connectivity index (χ4v) is 10.6. The van der Waals surface area contributed by atoms with E-state index in [2.05, 4.69) is 191 Å². The molecule has 0 atom stereocenters. The summed E-state index contributed by atoms with van der Waals surface area (Å²) >= 11 is 1.89. The summed E-state index contributed by atoms with van der Waals surface area (Å²) in [6.07, 6.45) is 7.85. The first-order chi connectivity index (χ1) is 29.4. The minimum Gasteiger partial charge on any atom is -0.228 e. The molecule has 2 nitrogen and oxygen atoms in total. The van der Waals surface area contributed by atoms with Crippen molar-refractivity contribution in [3.63, 3.8) is 0 Å². The lowest BCUT2D eigenvalue weighted by molar-refractivity contribution is 0.549. The highest BCUT2D eigenvalue weighted by Crippen LogP contribution is 2.61. The molecule has 0 N–H and O–H groups in total. The lowest BCUT2D eigenvalue weighted by atomic mass is 9.54. The van der Waals surface area contributed by atoms with Gasteiger partial charge in [-0.1, -0.05) is 202 Å². The van der Waals surface area contributed by atoms with Gasteiger partial charge in [-0.05, 0) is 92.9 Å². The van der Waals surface area contributed by atoms with Crippen molar-refractivity contribution in [3.8, 4) is 45.0 Å². The van der Waals surface area contributed by atoms with Gasteiger partial charge in [0, 0.05) is 31.9 Å². The van der Waals surface area contributed by atoms with Gasteiger partial charge in [0.05, 0.1) is 16.8 Å². The van der Waals surface area contributed by atoms with E-state index in [0.29, 0.717) is 5.82 Å². The van der Waals surface area contributed by atoms with E-state index in [1.165, 1.54) is 54.3 Å². The molecule has 0 radical (unpaired) electrons. The fourth-order valence-electron chi connectivity index (χ4n) is 9.38. The quantitative estimate of drug-likeness (QED) is 0.150. The molecule has 2 aliphatic rings. The van der Waals surface area contributed by atoms with Crippen LogP contribution in [0.1, 0.15) is 59.7 Å². The highest BCUT2D eigenvalue weighted by Gasteiger charge is 2.52. The van der Waals surface area contributed by atoms with Crippen molar-refractivity contribution in [2.75, 3.05) is 0 Å². The van der Waals surface area contributed by atoms with Crippen LogP contribution < -0.4 is 0 Å². The zero-order valence-corrected chi connectivity index (χ0v) is 34.9. The topological polar surface area (TPSA) is 25.8 Å². The third-order valence-electron chi connectivity index (χ3n) is 12.4. The van der Waals surface area contributed by atoms with Crippen molar-refractivity contribution in [3.05, 3.63) is 246 Å². The van der Waals surface area contributed by atoms with Crippen LogP contribution in [0.2, 0.25) is 0 Å². The number of nitrogens with zero attached hydrogens (tertiary/aromatic N) is 2. The van der Waals surface area contributed by atoms with Crippen molar-refractivity contribution in [1.82, 2.24) is 9.97 Å². The lowest BCUT2D eigenvalue weighted by Crippen LogP contribution is -2.43. The molecule has 0 saturated carbocycles. The number of hydrogen-bond acceptors (Lipinski definition) is 3. The predicted molar refractivity (Wildman–Crippen MR) is 251 cm³/mol. The van der Waals surface area contributed by atoms with E-state index in [1.807, 2.05) is 42.1 Å². The molecular weight excluding hydrogens is 745 g/mol. The summed E-state index contributed by atoms with van der Waals surface area (Å²) in [5.74, 6) is 0.703. The number of rotatable bonds is 7. The van der Waals surface area contributed by atoms with Crippen LogP contribution in [0.5, 0.6) is 0 Å². The Morgan fingerprint density at radius 1 is 0.483 bits per heavy atom. The number of aromatic nitrogens is 2. The summed E-state index contributed by atoms with van der Waals surface area (Å²) < 4.78 is 0. The summed E-state index contributed by atoms with van der Waals surface area (Å²) in [6.45, 7) is 10.7. The second-order valence-electron chi connectivity index (χ2n) is 16.2. The average molecular weight is 789 g/mol. The van der Waals surface area contributed by atoms with E-state index < -0.39 is 5.41 Å². The van der Waals surface area contributed by atoms with Gasteiger partial charge < -0.3 is 0 Å². The lowest BCUT2D eigenvalue weighted by Gasteiger charge is -2.50. The molecular formula is C57H44N2S. The van der Waals surface area contributed by atoms with E-state index in [4.69, 9.17) is 9.97 Å². The molecule has 60 heavy (non-hydrogen) atoms. The molecule has 0 amide bonds. The Labute approximate surface area is 357 Å². The van der Waals surface area contributed by atoms with Gasteiger partial charge in [0.25, 0.3) is 0 Å². The van der Waals surface area contributed by atoms with Gasteiger partial charge in [-0.3, -0.25) is 0 Å². The third kappa shape index (κ3) is 6.20. The predicted octanol–water partition coefficient (Wildman–Crippen LogP) is 14.8. The second-order valence-corrected chi connectivity index (χ2v) is 17.3. The van der Waals surface area contributed by atoms with Gasteiger partial charge in [0.1, 0.15) is 0 Å². The Balaban J connectivity index is 1.11. The normalized spacial score (nSPS) is 14.6. The minimum atomic E-state index is -0.443. The van der Waals surface area contributed by atoms with E-state index >= 15 is 0 Å². The molecule has 8 aromatic rings. The van der Waals surface area contributed by atoms with Crippen LogP contribution in [-0.4, -0.2) is 9.97 Å². The maximum atomic E-state index is 5.20. The van der Waals surface area contributed by atoms with Crippen LogP contribution in [0, 0.1) is 0 Å².